The molecule has 10 aromatic carbocycles. The summed E-state index contributed by atoms with van der Waals surface area (Å²) in [4.78, 5) is 2.39. The van der Waals surface area contributed by atoms with Crippen LogP contribution in [0.5, 0.6) is 0 Å². The van der Waals surface area contributed by atoms with E-state index in [1.54, 1.807) is 0 Å². The molecule has 0 aliphatic carbocycles. The molecule has 0 saturated heterocycles. The minimum Gasteiger partial charge on any atom is -0.453 e. The first-order chi connectivity index (χ1) is 30.3. The van der Waals surface area contributed by atoms with E-state index in [1.165, 1.54) is 37.4 Å². The molecule has 0 radical (unpaired) electrons. The van der Waals surface area contributed by atoms with Gasteiger partial charge in [0.25, 0.3) is 0 Å². The van der Waals surface area contributed by atoms with Crippen molar-refractivity contribution in [2.24, 2.45) is 0 Å². The van der Waals surface area contributed by atoms with Crippen LogP contribution in [0.4, 0.5) is 17.1 Å². The van der Waals surface area contributed by atoms with Gasteiger partial charge in [-0.1, -0.05) is 212 Å². The van der Waals surface area contributed by atoms with Crippen LogP contribution in [-0.4, -0.2) is 8.07 Å². The van der Waals surface area contributed by atoms with Crippen LogP contribution < -0.4 is 25.6 Å². The highest BCUT2D eigenvalue weighted by atomic mass is 28.3. The molecular formula is C58H41NOSi. The van der Waals surface area contributed by atoms with E-state index in [0.717, 1.165) is 55.3 Å². The maximum absolute atomic E-state index is 7.03. The van der Waals surface area contributed by atoms with Crippen molar-refractivity contribution in [1.82, 2.24) is 0 Å². The van der Waals surface area contributed by atoms with Gasteiger partial charge in [-0.05, 0) is 84.8 Å². The van der Waals surface area contributed by atoms with Crippen molar-refractivity contribution in [1.29, 1.82) is 0 Å². The summed E-state index contributed by atoms with van der Waals surface area (Å²) in [5.41, 5.74) is 9.63. The third kappa shape index (κ3) is 6.35. The van der Waals surface area contributed by atoms with Crippen LogP contribution in [0.3, 0.4) is 0 Å². The zero-order chi connectivity index (χ0) is 40.6. The molecule has 0 N–H and O–H groups in total. The smallest absolute Gasteiger partial charge is 0.179 e. The Balaban J connectivity index is 1.12. The third-order valence-electron chi connectivity index (χ3n) is 12.2. The van der Waals surface area contributed by atoms with E-state index in [-0.39, 0.29) is 0 Å². The Labute approximate surface area is 357 Å². The minimum atomic E-state index is -2.82. The maximum atomic E-state index is 7.03. The zero-order valence-electron chi connectivity index (χ0n) is 33.5. The Bertz CT molecular complexity index is 3170. The maximum Gasteiger partial charge on any atom is 0.179 e. The third-order valence-corrected chi connectivity index (χ3v) is 17.0. The van der Waals surface area contributed by atoms with Gasteiger partial charge in [-0.15, -0.1) is 0 Å². The second kappa shape index (κ2) is 15.5. The lowest BCUT2D eigenvalue weighted by Crippen LogP contribution is -2.74. The molecule has 3 heteroatoms. The molecule has 0 saturated carbocycles. The summed E-state index contributed by atoms with van der Waals surface area (Å²) >= 11 is 0. The number of nitrogens with zero attached hydrogens (tertiary/aromatic N) is 1. The van der Waals surface area contributed by atoms with Crippen LogP contribution in [0.2, 0.25) is 0 Å². The van der Waals surface area contributed by atoms with Crippen molar-refractivity contribution in [3.05, 3.63) is 249 Å². The fraction of sp³-hybridized carbons (Fsp3) is 0. The van der Waals surface area contributed by atoms with Gasteiger partial charge < -0.3 is 9.32 Å². The normalized spacial score (nSPS) is 11.6. The van der Waals surface area contributed by atoms with Crippen molar-refractivity contribution in [3.63, 3.8) is 0 Å². The van der Waals surface area contributed by atoms with Gasteiger partial charge in [0.15, 0.2) is 13.7 Å². The number of para-hydroxylation sites is 1. The average Bonchev–Trinajstić information content (AvgIpc) is 3.74. The quantitative estimate of drug-likeness (QED) is 0.107. The summed E-state index contributed by atoms with van der Waals surface area (Å²) in [5, 5.41) is 9.80. The molecule has 288 valence electrons. The van der Waals surface area contributed by atoms with E-state index in [4.69, 9.17) is 4.42 Å². The molecule has 0 amide bonds. The van der Waals surface area contributed by atoms with Crippen molar-refractivity contribution < 1.29 is 4.42 Å². The Morgan fingerprint density at radius 3 is 1.36 bits per heavy atom. The predicted molar refractivity (Wildman–Crippen MR) is 260 cm³/mol. The zero-order valence-corrected chi connectivity index (χ0v) is 34.5. The minimum absolute atomic E-state index is 0.859. The lowest BCUT2D eigenvalue weighted by Gasteiger charge is -2.35. The fourth-order valence-corrected chi connectivity index (χ4v) is 14.1. The SMILES string of the molecule is c1ccc(-c2ccc(-c3ccc(N(c4cccc([Si](c5ccccc5)(c5ccccc5)c5ccccc5)c4)c4cccc5c4oc4c6ccccc6ccc54)cc3)cc2)cc1. The number of benzene rings is 10. The van der Waals surface area contributed by atoms with Crippen LogP contribution in [0.25, 0.3) is 55.0 Å². The largest absolute Gasteiger partial charge is 0.453 e. The summed E-state index contributed by atoms with van der Waals surface area (Å²) in [6, 6.07) is 90.5. The molecular weight excluding hydrogens is 755 g/mol. The first-order valence-electron chi connectivity index (χ1n) is 20.9. The molecule has 0 aliphatic rings. The summed E-state index contributed by atoms with van der Waals surface area (Å²) < 4.78 is 7.03. The van der Waals surface area contributed by atoms with Gasteiger partial charge >= 0.3 is 0 Å². The molecule has 61 heavy (non-hydrogen) atoms. The van der Waals surface area contributed by atoms with E-state index in [0.29, 0.717) is 0 Å². The molecule has 2 nitrogen and oxygen atoms in total. The van der Waals surface area contributed by atoms with Crippen LogP contribution in [0.15, 0.2) is 253 Å². The van der Waals surface area contributed by atoms with E-state index < -0.39 is 8.07 Å². The van der Waals surface area contributed by atoms with E-state index >= 15 is 0 Å². The lowest BCUT2D eigenvalue weighted by molar-refractivity contribution is 0.673. The molecule has 1 aromatic heterocycles. The Kier molecular flexibility index (Phi) is 9.22. The van der Waals surface area contributed by atoms with E-state index in [2.05, 4.69) is 254 Å². The number of hydrogen-bond donors (Lipinski definition) is 0. The van der Waals surface area contributed by atoms with E-state index in [1.807, 2.05) is 0 Å². The molecule has 11 aromatic rings. The van der Waals surface area contributed by atoms with Crippen LogP contribution >= 0.6 is 0 Å². The van der Waals surface area contributed by atoms with Crippen molar-refractivity contribution >= 4 is 78.6 Å². The number of rotatable bonds is 9. The van der Waals surface area contributed by atoms with Crippen molar-refractivity contribution in [3.8, 4) is 22.3 Å². The predicted octanol–water partition coefficient (Wildman–Crippen LogP) is 12.9. The number of anilines is 3. The van der Waals surface area contributed by atoms with Crippen molar-refractivity contribution in [2.45, 2.75) is 0 Å². The molecule has 0 atom stereocenters. The molecule has 11 rings (SSSR count). The fourth-order valence-electron chi connectivity index (χ4n) is 9.35. The van der Waals surface area contributed by atoms with Gasteiger partial charge in [0, 0.05) is 27.5 Å². The van der Waals surface area contributed by atoms with Crippen LogP contribution in [0, 0.1) is 0 Å². The van der Waals surface area contributed by atoms with Crippen LogP contribution in [0.1, 0.15) is 0 Å². The second-order valence-corrected chi connectivity index (χ2v) is 19.5. The summed E-state index contributed by atoms with van der Waals surface area (Å²) in [5.74, 6) is 0. The number of furan rings is 1. The first kappa shape index (κ1) is 36.4. The first-order valence-corrected chi connectivity index (χ1v) is 22.9. The molecule has 0 unspecified atom stereocenters. The van der Waals surface area contributed by atoms with E-state index in [9.17, 15) is 0 Å². The number of hydrogen-bond acceptors (Lipinski definition) is 2. The summed E-state index contributed by atoms with van der Waals surface area (Å²) in [7, 11) is -2.82. The van der Waals surface area contributed by atoms with Gasteiger partial charge in [0.1, 0.15) is 5.58 Å². The molecule has 0 bridgehead atoms. The van der Waals surface area contributed by atoms with Crippen molar-refractivity contribution in [2.75, 3.05) is 4.90 Å². The standard InChI is InChI=1S/C58H41NOSi/c1-5-17-42(18-6-1)43-31-33-44(34-32-43)45-35-38-47(39-36-45)59(56-30-16-29-54-55-40-37-46-19-13-14-28-53(46)57(55)60-58(54)56)48-20-15-27-52(41-48)61(49-21-7-2-8-22-49,50-23-9-3-10-24-50)51-25-11-4-12-26-51/h1-41H. The van der Waals surface area contributed by atoms with Gasteiger partial charge in [-0.25, -0.2) is 0 Å². The Hall–Kier alpha value is -7.72. The topological polar surface area (TPSA) is 16.4 Å². The lowest BCUT2D eigenvalue weighted by atomic mass is 10.00. The van der Waals surface area contributed by atoms with Crippen LogP contribution in [-0.2, 0) is 0 Å². The number of fused-ring (bicyclic) bond motifs is 5. The highest BCUT2D eigenvalue weighted by Gasteiger charge is 2.41. The van der Waals surface area contributed by atoms with Gasteiger partial charge in [0.05, 0.1) is 5.69 Å². The Morgan fingerprint density at radius 2 is 0.754 bits per heavy atom. The Morgan fingerprint density at radius 1 is 0.295 bits per heavy atom. The molecule has 0 aliphatic heterocycles. The molecule has 0 spiro atoms. The van der Waals surface area contributed by atoms with Gasteiger partial charge in [-0.2, -0.15) is 0 Å². The highest BCUT2D eigenvalue weighted by Crippen LogP contribution is 2.43. The molecule has 0 fully saturated rings. The molecule has 1 heterocycles. The van der Waals surface area contributed by atoms with Gasteiger partial charge in [-0.3, -0.25) is 0 Å². The monoisotopic (exact) mass is 795 g/mol. The highest BCUT2D eigenvalue weighted by molar-refractivity contribution is 7.19. The second-order valence-electron chi connectivity index (χ2n) is 15.6. The summed E-state index contributed by atoms with van der Waals surface area (Å²) in [6.45, 7) is 0. The summed E-state index contributed by atoms with van der Waals surface area (Å²) in [6.07, 6.45) is 0. The average molecular weight is 796 g/mol. The van der Waals surface area contributed by atoms with Gasteiger partial charge in [0.2, 0.25) is 0 Å².